The largest absolute Gasteiger partial charge is 0.334 e. The lowest BCUT2D eigenvalue weighted by atomic mass is 9.98. The number of hydrogen-bond donors (Lipinski definition) is 0. The molecule has 3 aromatic heterocycles. The Hall–Kier alpha value is -2.28. The summed E-state index contributed by atoms with van der Waals surface area (Å²) < 4.78 is 1.89. The third kappa shape index (κ3) is 2.91. The van der Waals surface area contributed by atoms with Gasteiger partial charge < -0.3 is 4.90 Å². The summed E-state index contributed by atoms with van der Waals surface area (Å²) in [5, 5.41) is 2.97. The Morgan fingerprint density at radius 3 is 3.08 bits per heavy atom. The second-order valence-corrected chi connectivity index (χ2v) is 7.18. The van der Waals surface area contributed by atoms with E-state index in [2.05, 4.69) is 15.0 Å². The quantitative estimate of drug-likeness (QED) is 0.735. The fourth-order valence-corrected chi connectivity index (χ4v) is 3.90. The van der Waals surface area contributed by atoms with Gasteiger partial charge in [0.25, 0.3) is 0 Å². The molecule has 0 aromatic carbocycles. The van der Waals surface area contributed by atoms with E-state index in [0.29, 0.717) is 12.2 Å². The monoisotopic (exact) mass is 341 g/mol. The Balaban J connectivity index is 1.58. The van der Waals surface area contributed by atoms with Crippen molar-refractivity contribution in [1.82, 2.24) is 24.3 Å². The SMILES string of the molecule is Cc1nc(CC(=O)N2CCCC[C@@H]2c2ccn3ccnc3n2)cs1. The number of fused-ring (bicyclic) bond motifs is 1. The maximum Gasteiger partial charge on any atom is 0.233 e. The Morgan fingerprint density at radius 1 is 1.33 bits per heavy atom. The zero-order valence-corrected chi connectivity index (χ0v) is 14.4. The van der Waals surface area contributed by atoms with Crippen LogP contribution in [0.25, 0.3) is 5.78 Å². The number of nitrogens with zero attached hydrogens (tertiary/aromatic N) is 5. The van der Waals surface area contributed by atoms with Crippen molar-refractivity contribution in [3.8, 4) is 0 Å². The van der Waals surface area contributed by atoms with Gasteiger partial charge in [-0.05, 0) is 32.3 Å². The van der Waals surface area contributed by atoms with Gasteiger partial charge in [-0.1, -0.05) is 0 Å². The summed E-state index contributed by atoms with van der Waals surface area (Å²) in [6.07, 6.45) is 9.06. The molecular weight excluding hydrogens is 322 g/mol. The van der Waals surface area contributed by atoms with Crippen LogP contribution < -0.4 is 0 Å². The molecule has 0 spiro atoms. The van der Waals surface area contributed by atoms with Crippen molar-refractivity contribution >= 4 is 23.0 Å². The number of rotatable bonds is 3. The van der Waals surface area contributed by atoms with Gasteiger partial charge in [0.15, 0.2) is 0 Å². The molecule has 0 saturated carbocycles. The molecule has 24 heavy (non-hydrogen) atoms. The molecule has 7 heteroatoms. The maximum absolute atomic E-state index is 12.8. The van der Waals surface area contributed by atoms with Gasteiger partial charge in [-0.15, -0.1) is 11.3 Å². The van der Waals surface area contributed by atoms with E-state index in [9.17, 15) is 4.79 Å². The van der Waals surface area contributed by atoms with Gasteiger partial charge in [0.2, 0.25) is 11.7 Å². The van der Waals surface area contributed by atoms with Gasteiger partial charge in [0.05, 0.1) is 28.9 Å². The molecule has 4 rings (SSSR count). The van der Waals surface area contributed by atoms with Crippen molar-refractivity contribution in [3.63, 3.8) is 0 Å². The fraction of sp³-hybridized carbons (Fsp3) is 0.412. The molecule has 0 radical (unpaired) electrons. The van der Waals surface area contributed by atoms with Crippen LogP contribution in [0.4, 0.5) is 0 Å². The van der Waals surface area contributed by atoms with Crippen molar-refractivity contribution in [3.05, 3.63) is 46.4 Å². The molecular formula is C17H19N5OS. The first-order chi connectivity index (χ1) is 11.7. The summed E-state index contributed by atoms with van der Waals surface area (Å²) in [6, 6.07) is 2.03. The number of carbonyl (C=O) groups excluding carboxylic acids is 1. The highest BCUT2D eigenvalue weighted by Crippen LogP contribution is 2.30. The predicted molar refractivity (Wildman–Crippen MR) is 91.8 cm³/mol. The Bertz CT molecular complexity index is 871. The van der Waals surface area contributed by atoms with Gasteiger partial charge in [-0.3, -0.25) is 9.20 Å². The molecule has 1 atom stereocenters. The van der Waals surface area contributed by atoms with Gasteiger partial charge in [0, 0.05) is 30.5 Å². The lowest BCUT2D eigenvalue weighted by Crippen LogP contribution is -2.39. The number of piperidine rings is 1. The molecule has 0 bridgehead atoms. The third-order valence-corrected chi connectivity index (χ3v) is 5.27. The smallest absolute Gasteiger partial charge is 0.233 e. The standard InChI is InChI=1S/C17H19N5OS/c1-12-19-13(11-24-12)10-16(23)22-7-3-2-4-15(22)14-5-8-21-9-6-18-17(21)20-14/h5-6,8-9,11,15H,2-4,7,10H2,1H3/t15-/m1/s1. The van der Waals surface area contributed by atoms with E-state index in [1.165, 1.54) is 0 Å². The summed E-state index contributed by atoms with van der Waals surface area (Å²) >= 11 is 1.59. The van der Waals surface area contributed by atoms with Crippen LogP contribution >= 0.6 is 11.3 Å². The summed E-state index contributed by atoms with van der Waals surface area (Å²) in [7, 11) is 0. The van der Waals surface area contributed by atoms with E-state index in [0.717, 1.165) is 42.2 Å². The second-order valence-electron chi connectivity index (χ2n) is 6.12. The first kappa shape index (κ1) is 15.3. The Kier molecular flexibility index (Phi) is 4.02. The highest BCUT2D eigenvalue weighted by atomic mass is 32.1. The minimum absolute atomic E-state index is 0.0349. The van der Waals surface area contributed by atoms with E-state index < -0.39 is 0 Å². The van der Waals surface area contributed by atoms with Crippen LogP contribution in [0, 0.1) is 6.92 Å². The van der Waals surface area contributed by atoms with Crippen LogP contribution in [0.1, 0.15) is 41.7 Å². The molecule has 1 amide bonds. The van der Waals surface area contributed by atoms with Gasteiger partial charge >= 0.3 is 0 Å². The van der Waals surface area contributed by atoms with Crippen LogP contribution in [0.5, 0.6) is 0 Å². The molecule has 4 heterocycles. The predicted octanol–water partition coefficient (Wildman–Crippen LogP) is 2.79. The first-order valence-corrected chi connectivity index (χ1v) is 9.09. The van der Waals surface area contributed by atoms with Crippen molar-refractivity contribution < 1.29 is 4.79 Å². The molecule has 1 aliphatic rings. The normalized spacial score (nSPS) is 18.2. The lowest BCUT2D eigenvalue weighted by Gasteiger charge is -2.35. The number of aryl methyl sites for hydroxylation is 1. The van der Waals surface area contributed by atoms with Crippen LogP contribution in [0.2, 0.25) is 0 Å². The maximum atomic E-state index is 12.8. The molecule has 0 unspecified atom stereocenters. The van der Waals surface area contributed by atoms with E-state index in [1.807, 2.05) is 40.1 Å². The topological polar surface area (TPSA) is 63.4 Å². The number of amides is 1. The van der Waals surface area contributed by atoms with E-state index in [4.69, 9.17) is 0 Å². The Morgan fingerprint density at radius 2 is 2.25 bits per heavy atom. The molecule has 1 fully saturated rings. The number of carbonyl (C=O) groups is 1. The average molecular weight is 341 g/mol. The van der Waals surface area contributed by atoms with E-state index in [-0.39, 0.29) is 11.9 Å². The highest BCUT2D eigenvalue weighted by molar-refractivity contribution is 7.09. The molecule has 0 aliphatic carbocycles. The van der Waals surface area contributed by atoms with Crippen molar-refractivity contribution in [2.75, 3.05) is 6.54 Å². The summed E-state index contributed by atoms with van der Waals surface area (Å²) in [5.74, 6) is 0.815. The third-order valence-electron chi connectivity index (χ3n) is 4.45. The highest BCUT2D eigenvalue weighted by Gasteiger charge is 2.29. The lowest BCUT2D eigenvalue weighted by molar-refractivity contribution is -0.134. The zero-order valence-electron chi connectivity index (χ0n) is 13.6. The van der Waals surface area contributed by atoms with Crippen LogP contribution in [0.15, 0.2) is 30.0 Å². The molecule has 6 nitrogen and oxygen atoms in total. The van der Waals surface area contributed by atoms with E-state index in [1.54, 1.807) is 17.5 Å². The van der Waals surface area contributed by atoms with Crippen molar-refractivity contribution in [1.29, 1.82) is 0 Å². The van der Waals surface area contributed by atoms with E-state index >= 15 is 0 Å². The number of thiazole rings is 1. The molecule has 0 N–H and O–H groups in total. The summed E-state index contributed by atoms with van der Waals surface area (Å²) in [4.78, 5) is 28.1. The van der Waals surface area contributed by atoms with Crippen LogP contribution in [0.3, 0.4) is 0 Å². The molecule has 3 aromatic rings. The van der Waals surface area contributed by atoms with Crippen molar-refractivity contribution in [2.45, 2.75) is 38.6 Å². The Labute approximate surface area is 144 Å². The van der Waals surface area contributed by atoms with Gasteiger partial charge in [-0.2, -0.15) is 0 Å². The number of likely N-dealkylation sites (tertiary alicyclic amines) is 1. The summed E-state index contributed by atoms with van der Waals surface area (Å²) in [6.45, 7) is 2.75. The number of aromatic nitrogens is 4. The number of hydrogen-bond acceptors (Lipinski definition) is 5. The second kappa shape index (κ2) is 6.32. The average Bonchev–Trinajstić information content (AvgIpc) is 3.22. The minimum Gasteiger partial charge on any atom is -0.334 e. The minimum atomic E-state index is 0.0349. The zero-order chi connectivity index (χ0) is 16.5. The van der Waals surface area contributed by atoms with Crippen LogP contribution in [-0.4, -0.2) is 36.7 Å². The fourth-order valence-electron chi connectivity index (χ4n) is 3.29. The first-order valence-electron chi connectivity index (χ1n) is 8.21. The summed E-state index contributed by atoms with van der Waals surface area (Å²) in [5.41, 5.74) is 1.79. The molecule has 1 saturated heterocycles. The molecule has 1 aliphatic heterocycles. The van der Waals surface area contributed by atoms with Gasteiger partial charge in [0.1, 0.15) is 0 Å². The van der Waals surface area contributed by atoms with Crippen LogP contribution in [-0.2, 0) is 11.2 Å². The molecule has 124 valence electrons. The van der Waals surface area contributed by atoms with Gasteiger partial charge in [-0.25, -0.2) is 15.0 Å². The van der Waals surface area contributed by atoms with Crippen molar-refractivity contribution in [2.24, 2.45) is 0 Å². The number of imidazole rings is 1.